The maximum absolute atomic E-state index is 11.5. The van der Waals surface area contributed by atoms with Gasteiger partial charge in [-0.05, 0) is 25.5 Å². The van der Waals surface area contributed by atoms with Crippen LogP contribution in [0.15, 0.2) is 4.99 Å². The Labute approximate surface area is 106 Å². The highest BCUT2D eigenvalue weighted by Gasteiger charge is 2.20. The van der Waals surface area contributed by atoms with Crippen molar-refractivity contribution in [2.45, 2.75) is 45.6 Å². The van der Waals surface area contributed by atoms with Crippen LogP contribution in [0.3, 0.4) is 0 Å². The number of nitrogens with zero attached hydrogens (tertiary/aromatic N) is 1. The van der Waals surface area contributed by atoms with Gasteiger partial charge in [0.05, 0.1) is 0 Å². The molecule has 0 aliphatic heterocycles. The summed E-state index contributed by atoms with van der Waals surface area (Å²) in [5.74, 6) is -1.50. The molecule has 0 unspecified atom stereocenters. The minimum absolute atomic E-state index is 0.0596. The first kappa shape index (κ1) is 16.3. The minimum Gasteiger partial charge on any atom is -0.481 e. The highest BCUT2D eigenvalue weighted by molar-refractivity contribution is 5.90. The summed E-state index contributed by atoms with van der Waals surface area (Å²) >= 11 is 0. The quantitative estimate of drug-likeness (QED) is 0.633. The molecule has 0 bridgehead atoms. The minimum atomic E-state index is -0.939. The van der Waals surface area contributed by atoms with E-state index in [4.69, 9.17) is 5.11 Å². The largest absolute Gasteiger partial charge is 0.481 e. The molecule has 0 saturated carbocycles. The van der Waals surface area contributed by atoms with Crippen LogP contribution in [0.4, 0.5) is 0 Å². The van der Waals surface area contributed by atoms with E-state index in [0.29, 0.717) is 6.42 Å². The van der Waals surface area contributed by atoms with Gasteiger partial charge in [-0.15, -0.1) is 0 Å². The van der Waals surface area contributed by atoms with Crippen molar-refractivity contribution in [1.29, 1.82) is 0 Å². The number of aliphatic imine (C=N–C) groups is 1. The van der Waals surface area contributed by atoms with E-state index in [0.717, 1.165) is 0 Å². The predicted octanol–water partition coefficient (Wildman–Crippen LogP) is 0.999. The van der Waals surface area contributed by atoms with Crippen LogP contribution < -0.4 is 5.32 Å². The van der Waals surface area contributed by atoms with E-state index >= 15 is 0 Å². The van der Waals surface area contributed by atoms with Gasteiger partial charge in [-0.1, -0.05) is 13.8 Å². The van der Waals surface area contributed by atoms with Crippen LogP contribution in [0.5, 0.6) is 0 Å². The number of carboxylic acid groups (broad SMARTS) is 1. The number of rotatable bonds is 8. The van der Waals surface area contributed by atoms with E-state index in [1.165, 1.54) is 0 Å². The van der Waals surface area contributed by atoms with Crippen LogP contribution >= 0.6 is 0 Å². The molecule has 6 nitrogen and oxygen atoms in total. The molecule has 0 fully saturated rings. The van der Waals surface area contributed by atoms with Gasteiger partial charge in [0.2, 0.25) is 5.91 Å². The zero-order valence-corrected chi connectivity index (χ0v) is 10.8. The van der Waals surface area contributed by atoms with Crippen LogP contribution in [-0.2, 0) is 14.4 Å². The second kappa shape index (κ2) is 8.38. The van der Waals surface area contributed by atoms with Crippen molar-refractivity contribution >= 4 is 24.5 Å². The predicted molar refractivity (Wildman–Crippen MR) is 67.4 cm³/mol. The van der Waals surface area contributed by atoms with Gasteiger partial charge in [-0.3, -0.25) is 14.4 Å². The Kier molecular flexibility index (Phi) is 7.58. The average molecular weight is 256 g/mol. The molecular formula is C12H20N2O4. The summed E-state index contributed by atoms with van der Waals surface area (Å²) in [6.45, 7) is 7.01. The van der Waals surface area contributed by atoms with Gasteiger partial charge in [-0.2, -0.15) is 0 Å². The summed E-state index contributed by atoms with van der Waals surface area (Å²) in [7, 11) is 0. The van der Waals surface area contributed by atoms with Crippen LogP contribution in [0.1, 0.15) is 39.5 Å². The third-order valence-electron chi connectivity index (χ3n) is 2.29. The Balaban J connectivity index is 4.22. The third kappa shape index (κ3) is 7.54. The molecule has 102 valence electrons. The molecule has 0 spiro atoms. The smallest absolute Gasteiger partial charge is 0.303 e. The van der Waals surface area contributed by atoms with E-state index in [-0.39, 0.29) is 31.1 Å². The lowest BCUT2D eigenvalue weighted by Crippen LogP contribution is -2.40. The Hall–Kier alpha value is -1.72. The van der Waals surface area contributed by atoms with E-state index in [1.807, 2.05) is 13.8 Å². The van der Waals surface area contributed by atoms with Gasteiger partial charge in [-0.25, -0.2) is 4.99 Å². The molecular weight excluding hydrogens is 236 g/mol. The fourth-order valence-corrected chi connectivity index (χ4v) is 1.47. The lowest BCUT2D eigenvalue weighted by molar-refractivity contribution is -0.137. The molecule has 6 heteroatoms. The molecule has 1 atom stereocenters. The van der Waals surface area contributed by atoms with Crippen molar-refractivity contribution in [1.82, 2.24) is 5.32 Å². The summed E-state index contributed by atoms with van der Waals surface area (Å²) < 4.78 is 0. The summed E-state index contributed by atoms with van der Waals surface area (Å²) in [4.78, 5) is 36.5. The fraction of sp³-hybridized carbons (Fsp3) is 0.667. The van der Waals surface area contributed by atoms with E-state index in [9.17, 15) is 14.4 Å². The first-order valence-electron chi connectivity index (χ1n) is 5.88. The normalized spacial score (nSPS) is 11.9. The molecule has 0 rings (SSSR count). The molecule has 0 aliphatic rings. The fourth-order valence-electron chi connectivity index (χ4n) is 1.47. The number of hydrogen-bond acceptors (Lipinski definition) is 3. The highest BCUT2D eigenvalue weighted by Crippen LogP contribution is 2.07. The van der Waals surface area contributed by atoms with Gasteiger partial charge in [0, 0.05) is 12.8 Å². The number of hydrogen-bond donors (Lipinski definition) is 2. The summed E-state index contributed by atoms with van der Waals surface area (Å²) in [6.07, 6.45) is 0.773. The van der Waals surface area contributed by atoms with E-state index in [2.05, 4.69) is 17.0 Å². The average Bonchev–Trinajstić information content (AvgIpc) is 2.25. The Morgan fingerprint density at radius 3 is 2.33 bits per heavy atom. The van der Waals surface area contributed by atoms with Crippen molar-refractivity contribution in [3.05, 3.63) is 0 Å². The first-order chi connectivity index (χ1) is 8.36. The standard InChI is InChI=1S/C12H20N2O4/c1-8(2)7-9(12(18)13-3)14-10(15)5-4-6-11(16)17/h8-9H,3-7H2,1-2H3,(H,14,15)(H,16,17)/t9-/m1/s1. The molecule has 0 aromatic rings. The van der Waals surface area contributed by atoms with Gasteiger partial charge in [0.1, 0.15) is 6.04 Å². The zero-order chi connectivity index (χ0) is 14.1. The Morgan fingerprint density at radius 1 is 1.28 bits per heavy atom. The van der Waals surface area contributed by atoms with Crippen molar-refractivity contribution in [3.8, 4) is 0 Å². The van der Waals surface area contributed by atoms with Crippen molar-refractivity contribution in [2.75, 3.05) is 0 Å². The van der Waals surface area contributed by atoms with Crippen LogP contribution in [0.25, 0.3) is 0 Å². The Morgan fingerprint density at radius 2 is 1.89 bits per heavy atom. The van der Waals surface area contributed by atoms with Crippen LogP contribution in [0.2, 0.25) is 0 Å². The zero-order valence-electron chi connectivity index (χ0n) is 10.8. The molecule has 0 aromatic heterocycles. The topological polar surface area (TPSA) is 95.8 Å². The maximum atomic E-state index is 11.5. The number of amides is 2. The van der Waals surface area contributed by atoms with Gasteiger partial charge < -0.3 is 10.4 Å². The number of carbonyl (C=O) groups is 3. The number of nitrogens with one attached hydrogen (secondary N) is 1. The second-order valence-corrected chi connectivity index (χ2v) is 4.49. The van der Waals surface area contributed by atoms with E-state index < -0.39 is 17.9 Å². The maximum Gasteiger partial charge on any atom is 0.303 e. The second-order valence-electron chi connectivity index (χ2n) is 4.49. The highest BCUT2D eigenvalue weighted by atomic mass is 16.4. The molecule has 0 radical (unpaired) electrons. The van der Waals surface area contributed by atoms with Crippen molar-refractivity contribution < 1.29 is 19.5 Å². The van der Waals surface area contributed by atoms with Gasteiger partial charge in [0.25, 0.3) is 5.91 Å². The van der Waals surface area contributed by atoms with Gasteiger partial charge >= 0.3 is 5.97 Å². The molecule has 0 saturated heterocycles. The summed E-state index contributed by atoms with van der Waals surface area (Å²) in [5.41, 5.74) is 0. The molecule has 0 aromatic carbocycles. The van der Waals surface area contributed by atoms with E-state index in [1.54, 1.807) is 0 Å². The van der Waals surface area contributed by atoms with Crippen molar-refractivity contribution in [3.63, 3.8) is 0 Å². The molecule has 2 amide bonds. The lowest BCUT2D eigenvalue weighted by Gasteiger charge is -2.17. The lowest BCUT2D eigenvalue weighted by atomic mass is 10.0. The summed E-state index contributed by atoms with van der Waals surface area (Å²) in [5, 5.41) is 11.0. The third-order valence-corrected chi connectivity index (χ3v) is 2.29. The first-order valence-corrected chi connectivity index (χ1v) is 5.88. The number of carboxylic acids is 1. The molecule has 0 aliphatic carbocycles. The molecule has 0 heterocycles. The Bertz CT molecular complexity index is 326. The number of carbonyl (C=O) groups excluding carboxylic acids is 2. The number of aliphatic carboxylic acids is 1. The monoisotopic (exact) mass is 256 g/mol. The van der Waals surface area contributed by atoms with Crippen LogP contribution in [-0.4, -0.2) is 35.6 Å². The van der Waals surface area contributed by atoms with Crippen LogP contribution in [0, 0.1) is 5.92 Å². The molecule has 18 heavy (non-hydrogen) atoms. The summed E-state index contributed by atoms with van der Waals surface area (Å²) in [6, 6.07) is -0.667. The van der Waals surface area contributed by atoms with Crippen molar-refractivity contribution in [2.24, 2.45) is 10.9 Å². The SMILES string of the molecule is C=NC(=O)[C@@H](CC(C)C)NC(=O)CCCC(=O)O. The molecule has 2 N–H and O–H groups in total. The van der Waals surface area contributed by atoms with Gasteiger partial charge in [0.15, 0.2) is 0 Å².